The molecule has 114 valence electrons. The predicted octanol–water partition coefficient (Wildman–Crippen LogP) is 6.08. The highest BCUT2D eigenvalue weighted by Crippen LogP contribution is 2.29. The molecule has 1 aliphatic carbocycles. The summed E-state index contributed by atoms with van der Waals surface area (Å²) in [7, 11) is 0. The lowest BCUT2D eigenvalue weighted by Gasteiger charge is -2.09. The summed E-state index contributed by atoms with van der Waals surface area (Å²) in [5.74, 6) is 1.53. The average molecular weight is 283 g/mol. The van der Waals surface area contributed by atoms with Gasteiger partial charge in [-0.3, -0.25) is 0 Å². The Morgan fingerprint density at radius 2 is 1.86 bits per heavy atom. The lowest BCUT2D eigenvalue weighted by atomic mass is 9.97. The highest BCUT2D eigenvalue weighted by atomic mass is 14.4. The van der Waals surface area contributed by atoms with Gasteiger partial charge < -0.3 is 5.41 Å². The van der Waals surface area contributed by atoms with Gasteiger partial charge in [-0.2, -0.15) is 0 Å². The third-order valence-electron chi connectivity index (χ3n) is 4.45. The molecule has 1 heteroatoms. The molecule has 1 N–H and O–H groups in total. The van der Waals surface area contributed by atoms with Gasteiger partial charge in [0, 0.05) is 5.71 Å². The molecule has 2 rings (SSSR count). The number of nitrogens with one attached hydrogen (secondary N) is 1. The molecule has 0 unspecified atom stereocenters. The van der Waals surface area contributed by atoms with Crippen LogP contribution in [0.2, 0.25) is 0 Å². The van der Waals surface area contributed by atoms with Crippen LogP contribution in [0.5, 0.6) is 0 Å². The van der Waals surface area contributed by atoms with Crippen molar-refractivity contribution in [1.82, 2.24) is 0 Å². The quantitative estimate of drug-likeness (QED) is 0.586. The van der Waals surface area contributed by atoms with Gasteiger partial charge >= 0.3 is 0 Å². The maximum atomic E-state index is 8.23. The second-order valence-electron chi connectivity index (χ2n) is 6.75. The van der Waals surface area contributed by atoms with E-state index < -0.39 is 0 Å². The van der Waals surface area contributed by atoms with E-state index in [-0.39, 0.29) is 0 Å². The topological polar surface area (TPSA) is 23.9 Å². The second kappa shape index (κ2) is 8.17. The number of hydrogen-bond donors (Lipinski definition) is 1. The van der Waals surface area contributed by atoms with Crippen LogP contribution in [0.3, 0.4) is 0 Å². The highest BCUT2D eigenvalue weighted by Gasteiger charge is 2.14. The fourth-order valence-electron chi connectivity index (χ4n) is 3.11. The number of benzene rings is 1. The minimum Gasteiger partial charge on any atom is -0.305 e. The van der Waals surface area contributed by atoms with Crippen LogP contribution in [0.4, 0.5) is 0 Å². The molecule has 0 amide bonds. The second-order valence-corrected chi connectivity index (χ2v) is 6.75. The molecule has 0 atom stereocenters. The summed E-state index contributed by atoms with van der Waals surface area (Å²) in [4.78, 5) is 0. The summed E-state index contributed by atoms with van der Waals surface area (Å²) in [6.45, 7) is 4.37. The van der Waals surface area contributed by atoms with E-state index in [0.717, 1.165) is 23.6 Å². The summed E-state index contributed by atoms with van der Waals surface area (Å²) >= 11 is 0. The Kier molecular flexibility index (Phi) is 6.22. The SMILES string of the molecule is CC(C)/C=C/c1ccc(C(=N)CCCC2CCCC2)cc1. The molecule has 0 aliphatic heterocycles. The maximum absolute atomic E-state index is 8.23. The van der Waals surface area contributed by atoms with Gasteiger partial charge in [0.25, 0.3) is 0 Å². The summed E-state index contributed by atoms with van der Waals surface area (Å²) in [5, 5.41) is 8.23. The van der Waals surface area contributed by atoms with Gasteiger partial charge in [0.15, 0.2) is 0 Å². The number of allylic oxidation sites excluding steroid dienone is 1. The van der Waals surface area contributed by atoms with Crippen LogP contribution < -0.4 is 0 Å². The lowest BCUT2D eigenvalue weighted by Crippen LogP contribution is -2.01. The third kappa shape index (κ3) is 5.49. The molecule has 1 aromatic rings. The maximum Gasteiger partial charge on any atom is 0.0386 e. The molecule has 0 spiro atoms. The van der Waals surface area contributed by atoms with Gasteiger partial charge in [0.2, 0.25) is 0 Å². The Labute approximate surface area is 130 Å². The van der Waals surface area contributed by atoms with E-state index in [2.05, 4.69) is 50.3 Å². The minimum absolute atomic E-state index is 0.582. The summed E-state index contributed by atoms with van der Waals surface area (Å²) in [6.07, 6.45) is 13.5. The molecule has 0 aromatic heterocycles. The summed E-state index contributed by atoms with van der Waals surface area (Å²) < 4.78 is 0. The summed E-state index contributed by atoms with van der Waals surface area (Å²) in [6, 6.07) is 8.44. The fraction of sp³-hybridized carbons (Fsp3) is 0.550. The van der Waals surface area contributed by atoms with Crippen molar-refractivity contribution >= 4 is 11.8 Å². The molecule has 0 heterocycles. The number of hydrogen-bond acceptors (Lipinski definition) is 1. The van der Waals surface area contributed by atoms with Crippen LogP contribution >= 0.6 is 0 Å². The zero-order chi connectivity index (χ0) is 15.1. The van der Waals surface area contributed by atoms with Crippen LogP contribution in [0.15, 0.2) is 30.3 Å². The van der Waals surface area contributed by atoms with Crippen molar-refractivity contribution < 1.29 is 0 Å². The van der Waals surface area contributed by atoms with Gasteiger partial charge in [-0.15, -0.1) is 0 Å². The van der Waals surface area contributed by atoms with Gasteiger partial charge in [-0.1, -0.05) is 82.4 Å². The van der Waals surface area contributed by atoms with E-state index in [1.807, 2.05) is 0 Å². The molecular weight excluding hydrogens is 254 g/mol. The Hall–Kier alpha value is -1.37. The highest BCUT2D eigenvalue weighted by molar-refractivity contribution is 5.98. The first-order valence-electron chi connectivity index (χ1n) is 8.51. The average Bonchev–Trinajstić information content (AvgIpc) is 2.99. The van der Waals surface area contributed by atoms with E-state index in [1.54, 1.807) is 0 Å². The third-order valence-corrected chi connectivity index (χ3v) is 4.45. The molecule has 1 aromatic carbocycles. The van der Waals surface area contributed by atoms with Gasteiger partial charge in [0.05, 0.1) is 0 Å². The molecule has 1 fully saturated rings. The number of rotatable bonds is 7. The molecule has 21 heavy (non-hydrogen) atoms. The molecule has 0 saturated heterocycles. The first-order chi connectivity index (χ1) is 10.1. The Morgan fingerprint density at radius 1 is 1.19 bits per heavy atom. The predicted molar refractivity (Wildman–Crippen MR) is 93.0 cm³/mol. The van der Waals surface area contributed by atoms with Crippen LogP contribution in [-0.2, 0) is 0 Å². The van der Waals surface area contributed by atoms with Crippen LogP contribution in [0, 0.1) is 17.2 Å². The van der Waals surface area contributed by atoms with Crippen LogP contribution in [-0.4, -0.2) is 5.71 Å². The van der Waals surface area contributed by atoms with Crippen molar-refractivity contribution in [2.45, 2.75) is 58.8 Å². The van der Waals surface area contributed by atoms with Crippen molar-refractivity contribution in [2.24, 2.45) is 11.8 Å². The molecular formula is C20H29N. The lowest BCUT2D eigenvalue weighted by molar-refractivity contribution is 0.489. The van der Waals surface area contributed by atoms with E-state index in [1.165, 1.54) is 44.1 Å². The van der Waals surface area contributed by atoms with Crippen molar-refractivity contribution in [3.8, 4) is 0 Å². The first-order valence-corrected chi connectivity index (χ1v) is 8.51. The van der Waals surface area contributed by atoms with Crippen molar-refractivity contribution in [3.63, 3.8) is 0 Å². The van der Waals surface area contributed by atoms with E-state index in [0.29, 0.717) is 5.92 Å². The monoisotopic (exact) mass is 283 g/mol. The molecule has 1 nitrogen and oxygen atoms in total. The Balaban J connectivity index is 1.79. The van der Waals surface area contributed by atoms with E-state index in [9.17, 15) is 0 Å². The molecule has 0 radical (unpaired) electrons. The van der Waals surface area contributed by atoms with E-state index >= 15 is 0 Å². The summed E-state index contributed by atoms with van der Waals surface area (Å²) in [5.41, 5.74) is 3.11. The van der Waals surface area contributed by atoms with Crippen LogP contribution in [0.25, 0.3) is 6.08 Å². The van der Waals surface area contributed by atoms with Gasteiger partial charge in [-0.05, 0) is 35.8 Å². The molecule has 1 saturated carbocycles. The molecule has 0 bridgehead atoms. The molecule has 1 aliphatic rings. The zero-order valence-electron chi connectivity index (χ0n) is 13.6. The zero-order valence-corrected chi connectivity index (χ0v) is 13.6. The van der Waals surface area contributed by atoms with Crippen molar-refractivity contribution in [3.05, 3.63) is 41.5 Å². The largest absolute Gasteiger partial charge is 0.305 e. The Morgan fingerprint density at radius 3 is 2.48 bits per heavy atom. The normalized spacial score (nSPS) is 16.1. The fourth-order valence-corrected chi connectivity index (χ4v) is 3.11. The van der Waals surface area contributed by atoms with Gasteiger partial charge in [-0.25, -0.2) is 0 Å². The smallest absolute Gasteiger partial charge is 0.0386 e. The van der Waals surface area contributed by atoms with Gasteiger partial charge in [0.1, 0.15) is 0 Å². The first kappa shape index (κ1) is 16.0. The van der Waals surface area contributed by atoms with Crippen molar-refractivity contribution in [2.75, 3.05) is 0 Å². The van der Waals surface area contributed by atoms with Crippen molar-refractivity contribution in [1.29, 1.82) is 5.41 Å². The van der Waals surface area contributed by atoms with Crippen LogP contribution in [0.1, 0.15) is 69.9 Å². The minimum atomic E-state index is 0.582. The standard InChI is InChI=1S/C20H29N/c1-16(2)10-11-18-12-14-19(15-13-18)20(21)9-5-8-17-6-3-4-7-17/h10-17,21H,3-9H2,1-2H3/b11-10+,21-20?. The Bertz CT molecular complexity index is 461. The van der Waals surface area contributed by atoms with E-state index in [4.69, 9.17) is 5.41 Å².